The van der Waals surface area contributed by atoms with Crippen molar-refractivity contribution in [1.29, 1.82) is 0 Å². The van der Waals surface area contributed by atoms with Crippen LogP contribution < -0.4 is 0 Å². The Kier molecular flexibility index (Phi) is 6.03. The van der Waals surface area contributed by atoms with Crippen molar-refractivity contribution in [2.75, 3.05) is 19.3 Å². The summed E-state index contributed by atoms with van der Waals surface area (Å²) in [5.74, 6) is 0. The van der Waals surface area contributed by atoms with Crippen LogP contribution in [-0.4, -0.2) is 32.7 Å². The number of hydrogen-bond acceptors (Lipinski definition) is 3. The van der Waals surface area contributed by atoms with Crippen molar-refractivity contribution in [3.8, 4) is 0 Å². The van der Waals surface area contributed by atoms with E-state index in [0.717, 1.165) is 5.57 Å². The van der Waals surface area contributed by atoms with Gasteiger partial charge in [0.05, 0.1) is 21.0 Å². The lowest BCUT2D eigenvalue weighted by molar-refractivity contribution is 0.203. The van der Waals surface area contributed by atoms with Gasteiger partial charge in [-0.05, 0) is 22.8 Å². The van der Waals surface area contributed by atoms with Gasteiger partial charge in [0.2, 0.25) is 0 Å². The summed E-state index contributed by atoms with van der Waals surface area (Å²) in [6.45, 7) is 1.08. The van der Waals surface area contributed by atoms with Gasteiger partial charge in [-0.2, -0.15) is 0 Å². The molecule has 1 fully saturated rings. The van der Waals surface area contributed by atoms with E-state index in [0.29, 0.717) is 23.7 Å². The van der Waals surface area contributed by atoms with Crippen molar-refractivity contribution in [3.05, 3.63) is 111 Å². The first-order valence-corrected chi connectivity index (χ1v) is 12.2. The second-order valence-corrected chi connectivity index (χ2v) is 10.2. The Morgan fingerprint density at radius 3 is 1.87 bits per heavy atom. The van der Waals surface area contributed by atoms with Crippen LogP contribution in [0.25, 0.3) is 4.91 Å². The van der Waals surface area contributed by atoms with Gasteiger partial charge >= 0.3 is 0 Å². The molecule has 1 heterocycles. The number of benzene rings is 3. The summed E-state index contributed by atoms with van der Waals surface area (Å²) >= 11 is 12.5. The molecule has 0 spiro atoms. The first-order chi connectivity index (χ1) is 14.4. The van der Waals surface area contributed by atoms with E-state index in [4.69, 9.17) is 23.2 Å². The van der Waals surface area contributed by atoms with Gasteiger partial charge in [0.15, 0.2) is 9.84 Å². The maximum atomic E-state index is 12.7. The van der Waals surface area contributed by atoms with Crippen LogP contribution in [0.5, 0.6) is 0 Å². The van der Waals surface area contributed by atoms with Crippen LogP contribution in [0.15, 0.2) is 84.4 Å². The van der Waals surface area contributed by atoms with Crippen LogP contribution >= 0.6 is 23.2 Å². The van der Waals surface area contributed by atoms with Crippen molar-refractivity contribution >= 4 is 37.9 Å². The Balaban J connectivity index is 1.74. The maximum Gasteiger partial charge on any atom is 0.176 e. The van der Waals surface area contributed by atoms with Crippen LogP contribution in [0.1, 0.15) is 22.7 Å². The Bertz CT molecular complexity index is 1140. The van der Waals surface area contributed by atoms with Gasteiger partial charge in [-0.3, -0.25) is 4.90 Å². The quantitative estimate of drug-likeness (QED) is 0.481. The minimum atomic E-state index is -3.49. The number of halogens is 2. The highest BCUT2D eigenvalue weighted by Gasteiger charge is 2.35. The van der Waals surface area contributed by atoms with Gasteiger partial charge in [0, 0.05) is 24.9 Å². The van der Waals surface area contributed by atoms with E-state index in [1.54, 1.807) is 18.2 Å². The predicted molar refractivity (Wildman–Crippen MR) is 125 cm³/mol. The topological polar surface area (TPSA) is 37.4 Å². The smallest absolute Gasteiger partial charge is 0.176 e. The molecule has 1 saturated heterocycles. The Labute approximate surface area is 187 Å². The lowest BCUT2D eigenvalue weighted by Crippen LogP contribution is -2.44. The average Bonchev–Trinajstić information content (AvgIpc) is 2.70. The van der Waals surface area contributed by atoms with Gasteiger partial charge in [0.25, 0.3) is 0 Å². The lowest BCUT2D eigenvalue weighted by atomic mass is 9.92. The van der Waals surface area contributed by atoms with Crippen molar-refractivity contribution in [3.63, 3.8) is 0 Å². The fourth-order valence-corrected chi connectivity index (χ4v) is 5.66. The Morgan fingerprint density at radius 1 is 0.833 bits per heavy atom. The first-order valence-electron chi connectivity index (χ1n) is 9.56. The van der Waals surface area contributed by atoms with Crippen molar-refractivity contribution in [1.82, 2.24) is 4.90 Å². The van der Waals surface area contributed by atoms with Crippen LogP contribution in [0, 0.1) is 0 Å². The molecule has 0 radical (unpaired) electrons. The summed E-state index contributed by atoms with van der Waals surface area (Å²) in [7, 11) is -3.49. The summed E-state index contributed by atoms with van der Waals surface area (Å²) in [5.41, 5.74) is 3.66. The number of nitrogens with zero attached hydrogens (tertiary/aromatic N) is 1. The number of sulfone groups is 1. The van der Waals surface area contributed by atoms with Crippen molar-refractivity contribution in [2.24, 2.45) is 0 Å². The maximum absolute atomic E-state index is 12.7. The van der Waals surface area contributed by atoms with Crippen LogP contribution in [0.4, 0.5) is 0 Å². The third-order valence-corrected chi connectivity index (χ3v) is 7.34. The Hall–Kier alpha value is -2.11. The molecule has 3 nitrogen and oxygen atoms in total. The average molecular weight is 458 g/mol. The van der Waals surface area contributed by atoms with Gasteiger partial charge in [-0.1, -0.05) is 96.0 Å². The molecule has 30 heavy (non-hydrogen) atoms. The molecule has 0 bridgehead atoms. The molecule has 3 aromatic carbocycles. The highest BCUT2D eigenvalue weighted by atomic mass is 35.5. The largest absolute Gasteiger partial charge is 0.284 e. The molecule has 0 aliphatic carbocycles. The lowest BCUT2D eigenvalue weighted by Gasteiger charge is -2.42. The van der Waals surface area contributed by atoms with Gasteiger partial charge < -0.3 is 0 Å². The molecule has 4 rings (SSSR count). The monoisotopic (exact) mass is 457 g/mol. The fourth-order valence-electron chi connectivity index (χ4n) is 3.99. The molecule has 3 aromatic rings. The molecule has 0 saturated carbocycles. The van der Waals surface area contributed by atoms with Crippen LogP contribution in [0.3, 0.4) is 0 Å². The number of rotatable bonds is 5. The molecule has 0 unspecified atom stereocenters. The van der Waals surface area contributed by atoms with Gasteiger partial charge in [0.1, 0.15) is 0 Å². The number of likely N-dealkylation sites (tertiary alicyclic amines) is 1. The zero-order valence-electron chi connectivity index (χ0n) is 16.4. The van der Waals surface area contributed by atoms with Gasteiger partial charge in [-0.15, -0.1) is 0 Å². The minimum Gasteiger partial charge on any atom is -0.284 e. The fraction of sp³-hybridized carbons (Fsp3) is 0.167. The molecule has 0 amide bonds. The van der Waals surface area contributed by atoms with E-state index in [-0.39, 0.29) is 16.0 Å². The Morgan fingerprint density at radius 2 is 1.37 bits per heavy atom. The second kappa shape index (κ2) is 8.56. The minimum absolute atomic E-state index is 0.0480. The number of hydrogen-bond donors (Lipinski definition) is 0. The third-order valence-electron chi connectivity index (χ3n) is 5.27. The summed E-state index contributed by atoms with van der Waals surface area (Å²) in [6, 6.07) is 25.6. The van der Waals surface area contributed by atoms with E-state index in [1.807, 2.05) is 36.4 Å². The highest BCUT2D eigenvalue weighted by Crippen LogP contribution is 2.40. The summed E-state index contributed by atoms with van der Waals surface area (Å²) in [5, 5.41) is 0.617. The summed E-state index contributed by atoms with van der Waals surface area (Å²) in [4.78, 5) is 2.55. The molecule has 1 aliphatic heterocycles. The molecule has 0 N–H and O–H groups in total. The van der Waals surface area contributed by atoms with E-state index >= 15 is 0 Å². The van der Waals surface area contributed by atoms with Crippen LogP contribution in [0.2, 0.25) is 10.0 Å². The molecule has 6 heteroatoms. The SMILES string of the molecule is CS(=O)(=O)C(=C1CN(C(c2ccccc2)c2ccccc2)C1)c1cccc(Cl)c1Cl. The predicted octanol–water partition coefficient (Wildman–Crippen LogP) is 5.85. The van der Waals surface area contributed by atoms with E-state index < -0.39 is 9.84 Å². The normalized spacial score (nSPS) is 14.6. The van der Waals surface area contributed by atoms with E-state index in [1.165, 1.54) is 17.4 Å². The van der Waals surface area contributed by atoms with Crippen molar-refractivity contribution in [2.45, 2.75) is 6.04 Å². The molecule has 154 valence electrons. The first kappa shape index (κ1) is 21.1. The van der Waals surface area contributed by atoms with E-state index in [2.05, 4.69) is 29.2 Å². The molecule has 0 atom stereocenters. The highest BCUT2D eigenvalue weighted by molar-refractivity contribution is 8.00. The van der Waals surface area contributed by atoms with Crippen LogP contribution in [-0.2, 0) is 9.84 Å². The third kappa shape index (κ3) is 4.19. The summed E-state index contributed by atoms with van der Waals surface area (Å²) < 4.78 is 25.3. The molecule has 1 aliphatic rings. The zero-order chi connectivity index (χ0) is 21.3. The standard InChI is InChI=1S/C24H21Cl2NO2S/c1-30(28,29)24(20-13-8-14-21(25)22(20)26)19-15-27(16-19)23(17-9-4-2-5-10-17)18-11-6-3-7-12-18/h2-14,23H,15-16H2,1H3. The van der Waals surface area contributed by atoms with Crippen molar-refractivity contribution < 1.29 is 8.42 Å². The zero-order valence-corrected chi connectivity index (χ0v) is 18.8. The molecule has 0 aromatic heterocycles. The molecular formula is C24H21Cl2NO2S. The van der Waals surface area contributed by atoms with E-state index in [9.17, 15) is 8.42 Å². The summed E-state index contributed by atoms with van der Waals surface area (Å²) in [6.07, 6.45) is 1.22. The second-order valence-electron chi connectivity index (χ2n) is 7.44. The molecular weight excluding hydrogens is 437 g/mol. The van der Waals surface area contributed by atoms with Gasteiger partial charge in [-0.25, -0.2) is 8.42 Å².